The minimum absolute atomic E-state index is 0.0319. The zero-order valence-corrected chi connectivity index (χ0v) is 6.97. The summed E-state index contributed by atoms with van der Waals surface area (Å²) in [7, 11) is 0. The molecule has 2 N–H and O–H groups in total. The highest BCUT2D eigenvalue weighted by molar-refractivity contribution is 6.65. The van der Waals surface area contributed by atoms with Gasteiger partial charge < -0.3 is 5.11 Å². The van der Waals surface area contributed by atoms with Gasteiger partial charge in [-0.3, -0.25) is 5.41 Å². The molecule has 0 amide bonds. The van der Waals surface area contributed by atoms with E-state index in [1.165, 1.54) is 0 Å². The van der Waals surface area contributed by atoms with Crippen LogP contribution < -0.4 is 0 Å². The van der Waals surface area contributed by atoms with Crippen molar-refractivity contribution in [2.24, 2.45) is 5.92 Å². The molecule has 0 fully saturated rings. The Kier molecular flexibility index (Phi) is 2.16. The Morgan fingerprint density at radius 3 is 2.64 bits per heavy atom. The number of nitrogens with one attached hydrogen (secondary N) is 1. The third-order valence-electron chi connectivity index (χ3n) is 1.75. The molecule has 0 heterocycles. The highest BCUT2D eigenvalue weighted by Crippen LogP contribution is 2.25. The highest BCUT2D eigenvalue weighted by atomic mass is 35.5. The summed E-state index contributed by atoms with van der Waals surface area (Å²) in [5.41, 5.74) is -1.01. The number of hydrogen-bond acceptors (Lipinski definition) is 2. The number of hydrogen-bond donors (Lipinski definition) is 2. The molecule has 0 saturated heterocycles. The van der Waals surface area contributed by atoms with Gasteiger partial charge in [0.05, 0.1) is 11.5 Å². The second kappa shape index (κ2) is 2.80. The van der Waals surface area contributed by atoms with Crippen LogP contribution >= 0.6 is 11.6 Å². The largest absolute Gasteiger partial charge is 0.385 e. The summed E-state index contributed by atoms with van der Waals surface area (Å²) in [5.74, 6) is -0.394. The van der Waals surface area contributed by atoms with E-state index in [-0.39, 0.29) is 5.17 Å². The molecule has 3 heteroatoms. The maximum atomic E-state index is 9.64. The van der Waals surface area contributed by atoms with Crippen molar-refractivity contribution in [3.05, 3.63) is 24.3 Å². The van der Waals surface area contributed by atoms with Crippen molar-refractivity contribution in [3.63, 3.8) is 0 Å². The maximum absolute atomic E-state index is 9.64. The summed E-state index contributed by atoms with van der Waals surface area (Å²) >= 11 is 5.48. The monoisotopic (exact) mass is 171 g/mol. The van der Waals surface area contributed by atoms with Gasteiger partial charge in [0, 0.05) is 0 Å². The molecule has 0 spiro atoms. The maximum Gasteiger partial charge on any atom is 0.107 e. The Hall–Kier alpha value is -0.600. The van der Waals surface area contributed by atoms with Crippen molar-refractivity contribution in [1.82, 2.24) is 0 Å². The molecule has 1 aliphatic rings. The van der Waals surface area contributed by atoms with Gasteiger partial charge in [0.1, 0.15) is 5.17 Å². The summed E-state index contributed by atoms with van der Waals surface area (Å²) in [6.45, 7) is 1.63. The van der Waals surface area contributed by atoms with E-state index in [2.05, 4.69) is 0 Å². The van der Waals surface area contributed by atoms with E-state index in [9.17, 15) is 5.11 Å². The van der Waals surface area contributed by atoms with Crippen molar-refractivity contribution in [2.75, 3.05) is 0 Å². The average Bonchev–Trinajstić information content (AvgIpc) is 1.85. The number of rotatable bonds is 1. The lowest BCUT2D eigenvalue weighted by Gasteiger charge is -2.27. The zero-order chi connectivity index (χ0) is 8.48. The molecule has 0 aromatic carbocycles. The molecule has 2 nitrogen and oxygen atoms in total. The summed E-state index contributed by atoms with van der Waals surface area (Å²) in [4.78, 5) is 0. The van der Waals surface area contributed by atoms with Gasteiger partial charge in [0.2, 0.25) is 0 Å². The number of allylic oxidation sites excluding steroid dienone is 2. The van der Waals surface area contributed by atoms with E-state index in [4.69, 9.17) is 17.0 Å². The van der Waals surface area contributed by atoms with Crippen molar-refractivity contribution in [1.29, 1.82) is 5.41 Å². The summed E-state index contributed by atoms with van der Waals surface area (Å²) in [5, 5.41) is 16.8. The van der Waals surface area contributed by atoms with Gasteiger partial charge in [-0.15, -0.1) is 0 Å². The highest BCUT2D eigenvalue weighted by Gasteiger charge is 2.31. The summed E-state index contributed by atoms with van der Waals surface area (Å²) < 4.78 is 0. The van der Waals surface area contributed by atoms with Gasteiger partial charge in [0.25, 0.3) is 0 Å². The molecule has 0 aliphatic heterocycles. The molecule has 1 aliphatic carbocycles. The van der Waals surface area contributed by atoms with Crippen molar-refractivity contribution >= 4 is 16.8 Å². The summed E-state index contributed by atoms with van der Waals surface area (Å²) in [6, 6.07) is 0. The van der Waals surface area contributed by atoms with Gasteiger partial charge in [-0.2, -0.15) is 0 Å². The van der Waals surface area contributed by atoms with Crippen LogP contribution in [0.5, 0.6) is 0 Å². The average molecular weight is 172 g/mol. The molecular formula is C8H10ClNO. The van der Waals surface area contributed by atoms with Gasteiger partial charge in [-0.1, -0.05) is 35.9 Å². The van der Waals surface area contributed by atoms with E-state index in [0.717, 1.165) is 0 Å². The van der Waals surface area contributed by atoms with E-state index < -0.39 is 11.5 Å². The lowest BCUT2D eigenvalue weighted by molar-refractivity contribution is 0.0913. The van der Waals surface area contributed by atoms with Crippen molar-refractivity contribution in [3.8, 4) is 0 Å². The lowest BCUT2D eigenvalue weighted by Crippen LogP contribution is -2.35. The Balaban J connectivity index is 2.89. The Morgan fingerprint density at radius 1 is 1.64 bits per heavy atom. The van der Waals surface area contributed by atoms with E-state index in [1.54, 1.807) is 31.2 Å². The Labute approximate surface area is 70.7 Å². The summed E-state index contributed by atoms with van der Waals surface area (Å²) in [6.07, 6.45) is 6.87. The number of aliphatic hydroxyl groups is 1. The van der Waals surface area contributed by atoms with E-state index in [1.807, 2.05) is 0 Å². The van der Waals surface area contributed by atoms with Crippen LogP contribution in [0.4, 0.5) is 0 Å². The van der Waals surface area contributed by atoms with Crippen molar-refractivity contribution < 1.29 is 5.11 Å². The van der Waals surface area contributed by atoms with Gasteiger partial charge in [-0.25, -0.2) is 0 Å². The first-order valence-electron chi connectivity index (χ1n) is 3.36. The molecule has 0 saturated carbocycles. The Bertz CT molecular complexity index is 230. The number of halogens is 1. The van der Waals surface area contributed by atoms with Crippen LogP contribution in [0.1, 0.15) is 6.92 Å². The molecule has 0 bridgehead atoms. The van der Waals surface area contributed by atoms with Crippen LogP contribution in [-0.2, 0) is 0 Å². The lowest BCUT2D eigenvalue weighted by atomic mass is 9.86. The molecule has 0 aromatic rings. The Morgan fingerprint density at radius 2 is 2.27 bits per heavy atom. The van der Waals surface area contributed by atoms with Gasteiger partial charge in [0.15, 0.2) is 0 Å². The second-order valence-electron chi connectivity index (χ2n) is 2.80. The molecule has 11 heavy (non-hydrogen) atoms. The van der Waals surface area contributed by atoms with Crippen molar-refractivity contribution in [2.45, 2.75) is 12.5 Å². The standard InChI is InChI=1S/C8H10ClNO/c1-8(11)5-3-2-4-6(8)7(9)10/h2-6,10-11H,1H3. The SMILES string of the molecule is CC1(O)C=CC=CC1C(=N)Cl. The zero-order valence-electron chi connectivity index (χ0n) is 6.21. The quantitative estimate of drug-likeness (QED) is 0.580. The molecule has 2 atom stereocenters. The van der Waals surface area contributed by atoms with Crippen LogP contribution in [0.2, 0.25) is 0 Å². The molecule has 0 radical (unpaired) electrons. The fourth-order valence-electron chi connectivity index (χ4n) is 1.07. The molecule has 1 rings (SSSR count). The van der Waals surface area contributed by atoms with Gasteiger partial charge in [-0.05, 0) is 6.92 Å². The predicted octanol–water partition coefficient (Wildman–Crippen LogP) is 1.70. The minimum atomic E-state index is -1.01. The van der Waals surface area contributed by atoms with Gasteiger partial charge >= 0.3 is 0 Å². The normalized spacial score (nSPS) is 35.7. The van der Waals surface area contributed by atoms with Crippen LogP contribution in [0.25, 0.3) is 0 Å². The first kappa shape index (κ1) is 8.50. The van der Waals surface area contributed by atoms with Crippen LogP contribution in [0.3, 0.4) is 0 Å². The minimum Gasteiger partial charge on any atom is -0.385 e. The smallest absolute Gasteiger partial charge is 0.107 e. The third kappa shape index (κ3) is 1.70. The van der Waals surface area contributed by atoms with Crippen LogP contribution in [-0.4, -0.2) is 15.9 Å². The topological polar surface area (TPSA) is 44.1 Å². The first-order chi connectivity index (χ1) is 5.04. The molecule has 0 aromatic heterocycles. The fourth-order valence-corrected chi connectivity index (χ4v) is 1.36. The van der Waals surface area contributed by atoms with E-state index >= 15 is 0 Å². The molecular weight excluding hydrogens is 162 g/mol. The fraction of sp³-hybridized carbons (Fsp3) is 0.375. The first-order valence-corrected chi connectivity index (χ1v) is 3.74. The van der Waals surface area contributed by atoms with Crippen LogP contribution in [0.15, 0.2) is 24.3 Å². The molecule has 60 valence electrons. The van der Waals surface area contributed by atoms with Crippen LogP contribution in [0, 0.1) is 11.3 Å². The second-order valence-corrected chi connectivity index (χ2v) is 3.20. The third-order valence-corrected chi connectivity index (χ3v) is 1.99. The predicted molar refractivity (Wildman–Crippen MR) is 46.0 cm³/mol. The van der Waals surface area contributed by atoms with E-state index in [0.29, 0.717) is 0 Å². The molecule has 2 unspecified atom stereocenters.